The Kier molecular flexibility index (Phi) is 6.08. The monoisotopic (exact) mass is 278 g/mol. The molecule has 0 spiro atoms. The van der Waals surface area contributed by atoms with E-state index in [1.807, 2.05) is 6.92 Å². The highest BCUT2D eigenvalue weighted by atomic mass is 32.2. The van der Waals surface area contributed by atoms with E-state index in [9.17, 15) is 14.0 Å². The molecule has 3 atom stereocenters. The Morgan fingerprint density at radius 3 is 2.07 bits per heavy atom. The van der Waals surface area contributed by atoms with Gasteiger partial charge in [0, 0.05) is 0 Å². The minimum atomic E-state index is -4.98. The lowest BCUT2D eigenvalue weighted by atomic mass is 10.6. The Labute approximate surface area is 91.8 Å². The SMILES string of the molecule is CCC[S+](C)CC(P(=O)([O-])O)P(=O)(O)O. The Bertz CT molecular complexity index is 261. The summed E-state index contributed by atoms with van der Waals surface area (Å²) in [5.74, 6) is 0.506. The van der Waals surface area contributed by atoms with Crippen molar-refractivity contribution in [1.82, 2.24) is 0 Å². The molecule has 0 rings (SSSR count). The molecule has 0 aromatic carbocycles. The molecule has 0 bridgehead atoms. The van der Waals surface area contributed by atoms with Crippen LogP contribution in [0.15, 0.2) is 0 Å². The Morgan fingerprint density at radius 1 is 1.33 bits per heavy atom. The second kappa shape index (κ2) is 5.82. The number of hydrogen-bond acceptors (Lipinski definition) is 3. The van der Waals surface area contributed by atoms with E-state index in [-0.39, 0.29) is 5.75 Å². The van der Waals surface area contributed by atoms with E-state index in [1.165, 1.54) is 0 Å². The molecule has 0 aromatic rings. The second-order valence-electron chi connectivity index (χ2n) is 3.29. The molecule has 6 nitrogen and oxygen atoms in total. The summed E-state index contributed by atoms with van der Waals surface area (Å²) in [7, 11) is -10.2. The van der Waals surface area contributed by atoms with Crippen LogP contribution in [0.1, 0.15) is 13.3 Å². The van der Waals surface area contributed by atoms with Crippen molar-refractivity contribution in [3.8, 4) is 0 Å². The zero-order chi connectivity index (χ0) is 12.3. The largest absolute Gasteiger partial charge is 0.778 e. The fourth-order valence-corrected chi connectivity index (χ4v) is 7.02. The molecule has 0 aliphatic carbocycles. The predicted octanol–water partition coefficient (Wildman–Crippen LogP) is -0.306. The molecule has 9 heteroatoms. The zero-order valence-electron chi connectivity index (χ0n) is 8.57. The van der Waals surface area contributed by atoms with Crippen molar-refractivity contribution < 1.29 is 28.7 Å². The average molecular weight is 278 g/mol. The van der Waals surface area contributed by atoms with Crippen molar-refractivity contribution in [2.75, 3.05) is 17.8 Å². The van der Waals surface area contributed by atoms with Gasteiger partial charge in [-0.15, -0.1) is 0 Å². The van der Waals surface area contributed by atoms with Gasteiger partial charge in [-0.3, -0.25) is 4.57 Å². The highest BCUT2D eigenvalue weighted by Gasteiger charge is 2.41. The maximum Gasteiger partial charge on any atom is 0.341 e. The third kappa shape index (κ3) is 6.07. The zero-order valence-corrected chi connectivity index (χ0v) is 11.2. The molecule has 0 fully saturated rings. The van der Waals surface area contributed by atoms with E-state index < -0.39 is 31.5 Å². The van der Waals surface area contributed by atoms with E-state index in [4.69, 9.17) is 14.7 Å². The first-order chi connectivity index (χ1) is 6.59. The molecule has 0 aliphatic heterocycles. The number of hydrogen-bond donors (Lipinski definition) is 3. The van der Waals surface area contributed by atoms with Gasteiger partial charge in [-0.2, -0.15) is 0 Å². The average Bonchev–Trinajstić information content (AvgIpc) is 1.96. The topological polar surface area (TPSA) is 118 Å². The maximum absolute atomic E-state index is 10.9. The summed E-state index contributed by atoms with van der Waals surface area (Å²) in [5, 5.41) is -1.95. The molecule has 0 radical (unpaired) electrons. The van der Waals surface area contributed by atoms with Gasteiger partial charge in [-0.05, 0) is 17.3 Å². The molecule has 0 aromatic heterocycles. The second-order valence-corrected chi connectivity index (χ2v) is 9.55. The summed E-state index contributed by atoms with van der Waals surface area (Å²) in [6, 6.07) is 0. The van der Waals surface area contributed by atoms with Gasteiger partial charge in [0.2, 0.25) is 0 Å². The van der Waals surface area contributed by atoms with Crippen LogP contribution in [0.5, 0.6) is 0 Å². The van der Waals surface area contributed by atoms with Crippen molar-refractivity contribution in [1.29, 1.82) is 0 Å². The third-order valence-corrected chi connectivity index (χ3v) is 7.93. The fourth-order valence-electron chi connectivity index (χ4n) is 1.07. The Balaban J connectivity index is 4.70. The quantitative estimate of drug-likeness (QED) is 0.453. The fraction of sp³-hybridized carbons (Fsp3) is 1.00. The molecule has 3 unspecified atom stereocenters. The number of rotatable bonds is 6. The van der Waals surface area contributed by atoms with E-state index in [1.54, 1.807) is 6.26 Å². The van der Waals surface area contributed by atoms with Crippen molar-refractivity contribution in [2.45, 2.75) is 18.7 Å². The highest BCUT2D eigenvalue weighted by molar-refractivity contribution is 7.97. The van der Waals surface area contributed by atoms with Crippen molar-refractivity contribution in [3.63, 3.8) is 0 Å². The first-order valence-electron chi connectivity index (χ1n) is 4.27. The van der Waals surface area contributed by atoms with Gasteiger partial charge in [0.05, 0.1) is 6.26 Å². The van der Waals surface area contributed by atoms with Crippen molar-refractivity contribution in [2.24, 2.45) is 0 Å². The van der Waals surface area contributed by atoms with Gasteiger partial charge in [0.1, 0.15) is 11.5 Å². The molecule has 0 aliphatic rings. The Morgan fingerprint density at radius 2 is 1.80 bits per heavy atom. The van der Waals surface area contributed by atoms with Gasteiger partial charge < -0.3 is 24.1 Å². The van der Waals surface area contributed by atoms with E-state index >= 15 is 0 Å². The summed E-state index contributed by atoms with van der Waals surface area (Å²) in [4.78, 5) is 37.2. The van der Waals surface area contributed by atoms with E-state index in [0.717, 1.165) is 6.42 Å². The molecule has 0 saturated heterocycles. The van der Waals surface area contributed by atoms with Crippen molar-refractivity contribution in [3.05, 3.63) is 0 Å². The molecular weight excluding hydrogens is 262 g/mol. The summed E-state index contributed by atoms with van der Waals surface area (Å²) in [6.45, 7) is 1.89. The van der Waals surface area contributed by atoms with E-state index in [2.05, 4.69) is 0 Å². The minimum Gasteiger partial charge on any atom is -0.778 e. The van der Waals surface area contributed by atoms with Crippen LogP contribution < -0.4 is 4.89 Å². The molecule has 3 N–H and O–H groups in total. The molecule has 0 saturated carbocycles. The lowest BCUT2D eigenvalue weighted by molar-refractivity contribution is -0.194. The van der Waals surface area contributed by atoms with Crippen LogP contribution in [-0.2, 0) is 20.0 Å². The first kappa shape index (κ1) is 15.7. The van der Waals surface area contributed by atoms with Gasteiger partial charge in [-0.1, -0.05) is 6.92 Å². The van der Waals surface area contributed by atoms with Crippen LogP contribution in [-0.4, -0.2) is 37.8 Å². The van der Waals surface area contributed by atoms with Crippen molar-refractivity contribution >= 4 is 26.1 Å². The summed E-state index contributed by atoms with van der Waals surface area (Å²) < 4.78 is 21.7. The summed E-state index contributed by atoms with van der Waals surface area (Å²) in [6.07, 6.45) is 2.53. The minimum absolute atomic E-state index is 0.185. The highest BCUT2D eigenvalue weighted by Crippen LogP contribution is 2.57. The summed E-state index contributed by atoms with van der Waals surface area (Å²) >= 11 is 0. The molecule has 0 heterocycles. The standard InChI is InChI=1S/C6H16O6P2S/c1-3-4-15(2)5-6(13(7,8)9)14(10,11)12/h6H,3-5H2,1-2H3,(H3-,7,8,9,10,11,12). The Hall–Kier alpha value is 0.650. The first-order valence-corrected chi connectivity index (χ1v) is 9.56. The lowest BCUT2D eigenvalue weighted by Gasteiger charge is -2.26. The molecule has 92 valence electrons. The maximum atomic E-state index is 10.9. The molecular formula is C6H16O6P2S. The smallest absolute Gasteiger partial charge is 0.341 e. The van der Waals surface area contributed by atoms with Crippen LogP contribution in [0.4, 0.5) is 0 Å². The van der Waals surface area contributed by atoms with Crippen LogP contribution in [0.25, 0.3) is 0 Å². The van der Waals surface area contributed by atoms with Crippen LogP contribution in [0.3, 0.4) is 0 Å². The van der Waals surface area contributed by atoms with E-state index in [0.29, 0.717) is 5.75 Å². The normalized spacial score (nSPS) is 20.7. The third-order valence-electron chi connectivity index (χ3n) is 1.75. The van der Waals surface area contributed by atoms with Crippen LogP contribution in [0.2, 0.25) is 0 Å². The van der Waals surface area contributed by atoms with Gasteiger partial charge in [0.25, 0.3) is 0 Å². The van der Waals surface area contributed by atoms with Gasteiger partial charge in [0.15, 0.2) is 13.0 Å². The lowest BCUT2D eigenvalue weighted by Crippen LogP contribution is -2.26. The predicted molar refractivity (Wildman–Crippen MR) is 59.0 cm³/mol. The summed E-state index contributed by atoms with van der Waals surface area (Å²) in [5.41, 5.74) is 0. The van der Waals surface area contributed by atoms with Gasteiger partial charge >= 0.3 is 7.60 Å². The van der Waals surface area contributed by atoms with Gasteiger partial charge in [-0.25, -0.2) is 0 Å². The van der Waals surface area contributed by atoms with Crippen LogP contribution >= 0.6 is 15.2 Å². The van der Waals surface area contributed by atoms with Crippen LogP contribution in [0, 0.1) is 0 Å². The molecule has 15 heavy (non-hydrogen) atoms. The molecule has 0 amide bonds.